The molecule has 1 aromatic rings. The van der Waals surface area contributed by atoms with Crippen molar-refractivity contribution in [3.63, 3.8) is 0 Å². The van der Waals surface area contributed by atoms with Crippen molar-refractivity contribution in [1.82, 2.24) is 41.9 Å². The molecule has 47 heavy (non-hydrogen) atoms. The van der Waals surface area contributed by atoms with Crippen LogP contribution in [0.5, 0.6) is 0 Å². The van der Waals surface area contributed by atoms with Gasteiger partial charge in [-0.05, 0) is 12.8 Å². The Balaban J connectivity index is 2.93. The van der Waals surface area contributed by atoms with E-state index < -0.39 is 103 Å². The average Bonchev–Trinajstić information content (AvgIpc) is 3.55. The third kappa shape index (κ3) is 13.4. The average molecular weight is 706 g/mol. The van der Waals surface area contributed by atoms with Gasteiger partial charge in [0.15, 0.2) is 0 Å². The summed E-state index contributed by atoms with van der Waals surface area (Å²) in [5.41, 5.74) is 6.23. The van der Waals surface area contributed by atoms with Gasteiger partial charge in [0.25, 0.3) is 0 Å². The van der Waals surface area contributed by atoms with Crippen molar-refractivity contribution in [3.8, 4) is 0 Å². The fraction of sp³-hybridized carbons (Fsp3) is 0.615. The molecule has 0 aromatic carbocycles. The number of carbonyl (C=O) groups is 7. The lowest BCUT2D eigenvalue weighted by molar-refractivity contribution is -0.143. The second-order valence-corrected chi connectivity index (χ2v) is 11.4. The van der Waals surface area contributed by atoms with E-state index in [1.165, 1.54) is 19.4 Å². The van der Waals surface area contributed by atoms with E-state index in [0.29, 0.717) is 5.69 Å². The number of thiol groups is 2. The number of imidazole rings is 1. The Bertz CT molecular complexity index is 1240. The number of amides is 6. The number of nitrogens with one attached hydrogen (secondary N) is 7. The highest BCUT2D eigenvalue weighted by Gasteiger charge is 2.33. The number of carboxylic acids is 1. The number of hydrogen-bond donors (Lipinski definition) is 13. The lowest BCUT2D eigenvalue weighted by Crippen LogP contribution is -2.61. The van der Waals surface area contributed by atoms with Crippen LogP contribution in [-0.2, 0) is 40.0 Å². The summed E-state index contributed by atoms with van der Waals surface area (Å²) in [6.07, 6.45) is 2.84. The number of nitrogens with two attached hydrogens (primary N) is 1. The highest BCUT2D eigenvalue weighted by Crippen LogP contribution is 2.06. The summed E-state index contributed by atoms with van der Waals surface area (Å²) in [6.45, 7) is 2.69. The molecule has 0 aliphatic rings. The molecule has 0 saturated carbocycles. The van der Waals surface area contributed by atoms with Gasteiger partial charge in [0, 0.05) is 29.8 Å². The quantitative estimate of drug-likeness (QED) is 0.0567. The van der Waals surface area contributed by atoms with Crippen LogP contribution >= 0.6 is 25.3 Å². The van der Waals surface area contributed by atoms with Gasteiger partial charge in [0.05, 0.1) is 25.6 Å². The second kappa shape index (κ2) is 20.3. The van der Waals surface area contributed by atoms with Crippen LogP contribution in [0.4, 0.5) is 0 Å². The number of carbonyl (C=O) groups excluding carboxylic acids is 6. The molecule has 0 bridgehead atoms. The van der Waals surface area contributed by atoms with E-state index >= 15 is 0 Å². The summed E-state index contributed by atoms with van der Waals surface area (Å²) >= 11 is 8.04. The highest BCUT2D eigenvalue weighted by molar-refractivity contribution is 7.80. The maximum Gasteiger partial charge on any atom is 0.328 e. The molecule has 7 unspecified atom stereocenters. The SMILES string of the molecule is CC(NC(=O)C(Cc1cnc[nH]1)NC(=O)C(N)CS)C(=O)NC(C(=O)NC(CS)C(=O)NC(CO)C(=O)NC(CO)C(=O)O)C(C)C. The van der Waals surface area contributed by atoms with Crippen molar-refractivity contribution in [1.29, 1.82) is 0 Å². The van der Waals surface area contributed by atoms with E-state index in [4.69, 9.17) is 15.9 Å². The van der Waals surface area contributed by atoms with E-state index in [2.05, 4.69) is 61.8 Å². The van der Waals surface area contributed by atoms with Gasteiger partial charge in [-0.2, -0.15) is 25.3 Å². The number of aliphatic hydroxyl groups is 2. The van der Waals surface area contributed by atoms with Crippen LogP contribution < -0.4 is 37.6 Å². The Morgan fingerprint density at radius 1 is 0.745 bits per heavy atom. The topological polar surface area (TPSA) is 307 Å². The zero-order chi connectivity index (χ0) is 35.8. The minimum Gasteiger partial charge on any atom is -0.480 e. The summed E-state index contributed by atoms with van der Waals surface area (Å²) in [5, 5.41) is 41.7. The molecule has 0 aliphatic heterocycles. The van der Waals surface area contributed by atoms with Gasteiger partial charge >= 0.3 is 5.97 Å². The molecule has 12 N–H and O–H groups in total. The Hall–Kier alpha value is -3.92. The molecular weight excluding hydrogens is 662 g/mol. The molecular formula is C26H43N9O10S2. The number of nitrogens with zero attached hydrogens (tertiary/aromatic N) is 1. The zero-order valence-corrected chi connectivity index (χ0v) is 27.7. The molecule has 0 radical (unpaired) electrons. The zero-order valence-electron chi connectivity index (χ0n) is 25.9. The molecule has 0 fully saturated rings. The Kier molecular flexibility index (Phi) is 17.8. The fourth-order valence-electron chi connectivity index (χ4n) is 3.76. The molecule has 1 heterocycles. The maximum atomic E-state index is 13.2. The van der Waals surface area contributed by atoms with Crippen LogP contribution in [0.25, 0.3) is 0 Å². The molecule has 264 valence electrons. The number of carboxylic acid groups (broad SMARTS) is 1. The largest absolute Gasteiger partial charge is 0.480 e. The van der Waals surface area contributed by atoms with Crippen LogP contribution in [0.15, 0.2) is 12.5 Å². The van der Waals surface area contributed by atoms with Crippen LogP contribution in [0.3, 0.4) is 0 Å². The Labute approximate surface area is 281 Å². The molecule has 0 spiro atoms. The molecule has 0 saturated heterocycles. The molecule has 0 aliphatic carbocycles. The van der Waals surface area contributed by atoms with Gasteiger partial charge < -0.3 is 57.9 Å². The van der Waals surface area contributed by atoms with Crippen LogP contribution in [0.1, 0.15) is 26.5 Å². The van der Waals surface area contributed by atoms with Gasteiger partial charge in [-0.25, -0.2) is 9.78 Å². The number of aliphatic hydroxyl groups excluding tert-OH is 2. The third-order valence-corrected chi connectivity index (χ3v) is 7.33. The first-order valence-corrected chi connectivity index (χ1v) is 15.6. The van der Waals surface area contributed by atoms with Gasteiger partial charge in [-0.1, -0.05) is 13.8 Å². The molecule has 1 rings (SSSR count). The van der Waals surface area contributed by atoms with Crippen molar-refractivity contribution in [2.45, 2.75) is 69.5 Å². The number of H-pyrrole nitrogens is 1. The molecule has 21 heteroatoms. The molecule has 19 nitrogen and oxygen atoms in total. The number of aliphatic carboxylic acids is 1. The first kappa shape index (κ1) is 41.1. The van der Waals surface area contributed by atoms with Gasteiger partial charge in [-0.15, -0.1) is 0 Å². The summed E-state index contributed by atoms with van der Waals surface area (Å²) in [7, 11) is 0. The second-order valence-electron chi connectivity index (χ2n) is 10.7. The van der Waals surface area contributed by atoms with E-state index in [9.17, 15) is 38.7 Å². The lowest BCUT2D eigenvalue weighted by atomic mass is 10.0. The Morgan fingerprint density at radius 3 is 1.77 bits per heavy atom. The number of hydrogen-bond acceptors (Lipinski definition) is 13. The predicted octanol–water partition coefficient (Wildman–Crippen LogP) is -5.21. The first-order chi connectivity index (χ1) is 22.1. The van der Waals surface area contributed by atoms with E-state index in [0.717, 1.165) is 0 Å². The summed E-state index contributed by atoms with van der Waals surface area (Å²) in [6, 6.07) is -9.24. The van der Waals surface area contributed by atoms with Gasteiger partial charge in [0.2, 0.25) is 35.4 Å². The van der Waals surface area contributed by atoms with Crippen LogP contribution in [0, 0.1) is 5.92 Å². The third-order valence-electron chi connectivity index (χ3n) is 6.57. The van der Waals surface area contributed by atoms with E-state index in [-0.39, 0.29) is 17.9 Å². The predicted molar refractivity (Wildman–Crippen MR) is 172 cm³/mol. The first-order valence-electron chi connectivity index (χ1n) is 14.3. The molecule has 1 aromatic heterocycles. The van der Waals surface area contributed by atoms with E-state index in [1.807, 2.05) is 5.32 Å². The summed E-state index contributed by atoms with van der Waals surface area (Å²) < 4.78 is 0. The minimum absolute atomic E-state index is 0.00418. The number of aromatic nitrogens is 2. The van der Waals surface area contributed by atoms with Crippen molar-refractivity contribution in [3.05, 3.63) is 18.2 Å². The molecule has 6 amide bonds. The number of rotatable bonds is 20. The van der Waals surface area contributed by atoms with Gasteiger partial charge in [-0.3, -0.25) is 28.8 Å². The monoisotopic (exact) mass is 705 g/mol. The summed E-state index contributed by atoms with van der Waals surface area (Å²) in [5.74, 6) is -7.36. The van der Waals surface area contributed by atoms with Crippen molar-refractivity contribution >= 4 is 66.7 Å². The normalized spacial score (nSPS) is 15.5. The fourth-order valence-corrected chi connectivity index (χ4v) is 4.18. The van der Waals surface area contributed by atoms with Crippen LogP contribution in [0.2, 0.25) is 0 Å². The van der Waals surface area contributed by atoms with Crippen LogP contribution in [-0.4, -0.2) is 134 Å². The Morgan fingerprint density at radius 2 is 1.28 bits per heavy atom. The minimum atomic E-state index is -1.69. The van der Waals surface area contributed by atoms with Crippen molar-refractivity contribution in [2.75, 3.05) is 24.7 Å². The molecule has 7 atom stereocenters. The summed E-state index contributed by atoms with van der Waals surface area (Å²) in [4.78, 5) is 94.6. The lowest BCUT2D eigenvalue weighted by Gasteiger charge is -2.27. The van der Waals surface area contributed by atoms with E-state index in [1.54, 1.807) is 13.8 Å². The highest BCUT2D eigenvalue weighted by atomic mass is 32.1. The maximum absolute atomic E-state index is 13.2. The number of aromatic amines is 1. The van der Waals surface area contributed by atoms with Gasteiger partial charge in [0.1, 0.15) is 36.3 Å². The van der Waals surface area contributed by atoms with Crippen molar-refractivity contribution < 1.29 is 48.9 Å². The standard InChI is InChI=1S/C26H43N9O10S2/c1-11(2)19(25(43)34-18(9-47)24(42)32-16(6-36)23(41)33-17(7-37)26(44)45)35-20(38)12(3)30-22(40)15(4-13-5-28-10-29-13)31-21(39)14(27)8-46/h5,10-12,14-19,36-37,46-47H,4,6-9,27H2,1-3H3,(H,28,29)(H,30,40)(H,31,39)(H,32,42)(H,33,41)(H,34,43)(H,35,38)(H,44,45). The smallest absolute Gasteiger partial charge is 0.328 e. The van der Waals surface area contributed by atoms with Crippen molar-refractivity contribution in [2.24, 2.45) is 11.7 Å².